The van der Waals surface area contributed by atoms with E-state index in [1.54, 1.807) is 13.3 Å². The molecule has 1 aromatic carbocycles. The first-order chi connectivity index (χ1) is 12.3. The van der Waals surface area contributed by atoms with Crippen LogP contribution in [0.5, 0.6) is 5.75 Å². The van der Waals surface area contributed by atoms with Gasteiger partial charge in [0, 0.05) is 19.5 Å². The number of methoxy groups -OCH3 is 1. The predicted molar refractivity (Wildman–Crippen MR) is 97.2 cm³/mol. The van der Waals surface area contributed by atoms with Gasteiger partial charge in [-0.05, 0) is 30.2 Å². The van der Waals surface area contributed by atoms with Crippen LogP contribution in [-0.4, -0.2) is 44.3 Å². The van der Waals surface area contributed by atoms with E-state index < -0.39 is 0 Å². The van der Waals surface area contributed by atoms with Crippen molar-refractivity contribution in [3.05, 3.63) is 48.2 Å². The van der Waals surface area contributed by atoms with Crippen LogP contribution >= 0.6 is 0 Å². The van der Waals surface area contributed by atoms with Crippen LogP contribution in [0, 0.1) is 0 Å². The summed E-state index contributed by atoms with van der Waals surface area (Å²) in [7, 11) is 1.64. The summed E-state index contributed by atoms with van der Waals surface area (Å²) in [5.41, 5.74) is 1.74. The molecule has 0 aliphatic carbocycles. The number of morpholine rings is 1. The molecule has 0 radical (unpaired) electrons. The predicted octanol–water partition coefficient (Wildman–Crippen LogP) is 2.50. The Kier molecular flexibility index (Phi) is 5.85. The zero-order valence-corrected chi connectivity index (χ0v) is 14.4. The van der Waals surface area contributed by atoms with Crippen molar-refractivity contribution in [2.24, 2.45) is 0 Å². The van der Waals surface area contributed by atoms with Crippen LogP contribution in [0.1, 0.15) is 12.0 Å². The molecular weight excluding hydrogens is 318 g/mol. The fraction of sp³-hybridized carbons (Fsp3) is 0.368. The highest BCUT2D eigenvalue weighted by Crippen LogP contribution is 2.19. The molecule has 2 heterocycles. The zero-order chi connectivity index (χ0) is 17.5. The van der Waals surface area contributed by atoms with Crippen LogP contribution in [0.4, 0.5) is 11.5 Å². The summed E-state index contributed by atoms with van der Waals surface area (Å²) in [6.45, 7) is 3.14. The minimum atomic E-state index is -0.0353. The topological polar surface area (TPSA) is 63.7 Å². The van der Waals surface area contributed by atoms with Crippen LogP contribution in [0.3, 0.4) is 0 Å². The van der Waals surface area contributed by atoms with E-state index in [-0.39, 0.29) is 5.91 Å². The summed E-state index contributed by atoms with van der Waals surface area (Å²) in [4.78, 5) is 18.8. The molecule has 0 atom stereocenters. The first-order valence-corrected chi connectivity index (χ1v) is 8.47. The van der Waals surface area contributed by atoms with Crippen LogP contribution < -0.4 is 15.0 Å². The number of carbonyl (C=O) groups is 1. The summed E-state index contributed by atoms with van der Waals surface area (Å²) in [6.07, 6.45) is 2.73. The third-order valence-corrected chi connectivity index (χ3v) is 4.18. The number of pyridine rings is 1. The molecule has 6 nitrogen and oxygen atoms in total. The molecule has 132 valence electrons. The second-order valence-electron chi connectivity index (χ2n) is 5.86. The summed E-state index contributed by atoms with van der Waals surface area (Å²) in [6, 6.07) is 11.6. The van der Waals surface area contributed by atoms with Crippen molar-refractivity contribution in [1.29, 1.82) is 0 Å². The molecule has 3 rings (SSSR count). The number of rotatable bonds is 6. The lowest BCUT2D eigenvalue weighted by molar-refractivity contribution is -0.116. The molecule has 25 heavy (non-hydrogen) atoms. The maximum atomic E-state index is 12.2. The van der Waals surface area contributed by atoms with Gasteiger partial charge in [-0.25, -0.2) is 4.98 Å². The van der Waals surface area contributed by atoms with Gasteiger partial charge in [-0.1, -0.05) is 18.2 Å². The van der Waals surface area contributed by atoms with Gasteiger partial charge in [-0.3, -0.25) is 4.79 Å². The number of para-hydroxylation sites is 1. The highest BCUT2D eigenvalue weighted by Gasteiger charge is 2.12. The monoisotopic (exact) mass is 341 g/mol. The van der Waals surface area contributed by atoms with E-state index in [2.05, 4.69) is 15.2 Å². The molecule has 1 saturated heterocycles. The second kappa shape index (κ2) is 8.48. The Morgan fingerprint density at radius 3 is 2.76 bits per heavy atom. The van der Waals surface area contributed by atoms with Gasteiger partial charge in [-0.15, -0.1) is 0 Å². The number of ether oxygens (including phenoxy) is 2. The van der Waals surface area contributed by atoms with Gasteiger partial charge in [0.25, 0.3) is 0 Å². The molecule has 1 amide bonds. The second-order valence-corrected chi connectivity index (χ2v) is 5.86. The Balaban J connectivity index is 1.52. The molecule has 1 aromatic heterocycles. The van der Waals surface area contributed by atoms with Gasteiger partial charge in [0.05, 0.1) is 32.2 Å². The first kappa shape index (κ1) is 17.2. The Morgan fingerprint density at radius 2 is 2.04 bits per heavy atom. The lowest BCUT2D eigenvalue weighted by Gasteiger charge is -2.27. The number of hydrogen-bond acceptors (Lipinski definition) is 5. The fourth-order valence-electron chi connectivity index (χ4n) is 2.82. The van der Waals surface area contributed by atoms with Crippen molar-refractivity contribution in [3.8, 4) is 5.75 Å². The van der Waals surface area contributed by atoms with E-state index in [1.807, 2.05) is 36.4 Å². The Morgan fingerprint density at radius 1 is 1.24 bits per heavy atom. The van der Waals surface area contributed by atoms with Gasteiger partial charge < -0.3 is 19.7 Å². The van der Waals surface area contributed by atoms with E-state index in [9.17, 15) is 4.79 Å². The van der Waals surface area contributed by atoms with E-state index >= 15 is 0 Å². The van der Waals surface area contributed by atoms with Crippen molar-refractivity contribution in [2.45, 2.75) is 12.8 Å². The molecule has 6 heteroatoms. The standard InChI is InChI=1S/C19H23N3O3/c1-24-17-5-3-2-4-15(17)6-9-19(23)21-16-7-8-18(20-14-16)22-10-12-25-13-11-22/h2-5,7-8,14H,6,9-13H2,1H3,(H,21,23). The van der Waals surface area contributed by atoms with E-state index in [0.29, 0.717) is 18.5 Å². The maximum Gasteiger partial charge on any atom is 0.224 e. The Labute approximate surface area is 147 Å². The Bertz CT molecular complexity index is 697. The molecular formula is C19H23N3O3. The van der Waals surface area contributed by atoms with Crippen molar-refractivity contribution in [1.82, 2.24) is 4.98 Å². The van der Waals surface area contributed by atoms with Gasteiger partial charge in [0.15, 0.2) is 0 Å². The van der Waals surface area contributed by atoms with Gasteiger partial charge in [0.1, 0.15) is 11.6 Å². The molecule has 0 unspecified atom stereocenters. The van der Waals surface area contributed by atoms with E-state index in [0.717, 1.165) is 43.4 Å². The number of aromatic nitrogens is 1. The number of nitrogens with one attached hydrogen (secondary N) is 1. The maximum absolute atomic E-state index is 12.2. The summed E-state index contributed by atoms with van der Waals surface area (Å²) in [5.74, 6) is 1.69. The zero-order valence-electron chi connectivity index (χ0n) is 14.4. The number of hydrogen-bond donors (Lipinski definition) is 1. The van der Waals surface area contributed by atoms with Crippen LogP contribution in [0.15, 0.2) is 42.6 Å². The third-order valence-electron chi connectivity index (χ3n) is 4.18. The number of nitrogens with zero attached hydrogens (tertiary/aromatic N) is 2. The van der Waals surface area contributed by atoms with Crippen LogP contribution in [0.25, 0.3) is 0 Å². The van der Waals surface area contributed by atoms with Gasteiger partial charge in [-0.2, -0.15) is 0 Å². The molecule has 1 aliphatic rings. The van der Waals surface area contributed by atoms with Crippen molar-refractivity contribution >= 4 is 17.4 Å². The highest BCUT2D eigenvalue weighted by molar-refractivity contribution is 5.90. The quantitative estimate of drug-likeness (QED) is 0.875. The molecule has 1 fully saturated rings. The molecule has 1 N–H and O–H groups in total. The number of benzene rings is 1. The number of carbonyl (C=O) groups excluding carboxylic acids is 1. The Hall–Kier alpha value is -2.60. The van der Waals surface area contributed by atoms with E-state index in [4.69, 9.17) is 9.47 Å². The third kappa shape index (κ3) is 4.70. The number of aryl methyl sites for hydroxylation is 1. The van der Waals surface area contributed by atoms with Crippen molar-refractivity contribution in [2.75, 3.05) is 43.6 Å². The normalized spacial score (nSPS) is 14.2. The molecule has 2 aromatic rings. The molecule has 0 spiro atoms. The summed E-state index contributed by atoms with van der Waals surface area (Å²) >= 11 is 0. The lowest BCUT2D eigenvalue weighted by Crippen LogP contribution is -2.36. The first-order valence-electron chi connectivity index (χ1n) is 8.47. The molecule has 0 bridgehead atoms. The average Bonchev–Trinajstić information content (AvgIpc) is 2.68. The molecule has 1 aliphatic heterocycles. The summed E-state index contributed by atoms with van der Waals surface area (Å²) in [5, 5.41) is 2.89. The van der Waals surface area contributed by atoms with Crippen LogP contribution in [0.2, 0.25) is 0 Å². The van der Waals surface area contributed by atoms with Crippen molar-refractivity contribution < 1.29 is 14.3 Å². The minimum Gasteiger partial charge on any atom is -0.496 e. The smallest absolute Gasteiger partial charge is 0.224 e. The fourth-order valence-corrected chi connectivity index (χ4v) is 2.82. The minimum absolute atomic E-state index is 0.0353. The molecule has 0 saturated carbocycles. The number of anilines is 2. The van der Waals surface area contributed by atoms with E-state index in [1.165, 1.54) is 0 Å². The lowest BCUT2D eigenvalue weighted by atomic mass is 10.1. The SMILES string of the molecule is COc1ccccc1CCC(=O)Nc1ccc(N2CCOCC2)nc1. The average molecular weight is 341 g/mol. The van der Waals surface area contributed by atoms with Gasteiger partial charge in [0.2, 0.25) is 5.91 Å². The van der Waals surface area contributed by atoms with Crippen molar-refractivity contribution in [3.63, 3.8) is 0 Å². The largest absolute Gasteiger partial charge is 0.496 e. The highest BCUT2D eigenvalue weighted by atomic mass is 16.5. The summed E-state index contributed by atoms with van der Waals surface area (Å²) < 4.78 is 10.7. The van der Waals surface area contributed by atoms with Crippen LogP contribution in [-0.2, 0) is 16.0 Å². The number of amides is 1. The van der Waals surface area contributed by atoms with Gasteiger partial charge >= 0.3 is 0 Å².